The van der Waals surface area contributed by atoms with Crippen molar-refractivity contribution in [3.8, 4) is 11.5 Å². The number of carbonyl (C=O) groups excluding carboxylic acids is 1. The zero-order valence-electron chi connectivity index (χ0n) is 22.0. The van der Waals surface area contributed by atoms with E-state index in [1.54, 1.807) is 55.5 Å². The van der Waals surface area contributed by atoms with Crippen molar-refractivity contribution in [2.45, 2.75) is 44.7 Å². The second-order valence-corrected chi connectivity index (χ2v) is 11.1. The lowest BCUT2D eigenvalue weighted by Gasteiger charge is -2.24. The number of allylic oxidation sites excluding steroid dienone is 1. The summed E-state index contributed by atoms with van der Waals surface area (Å²) in [5, 5.41) is 0.379. The van der Waals surface area contributed by atoms with Crippen LogP contribution in [-0.2, 0) is 9.53 Å². The molecule has 0 bridgehead atoms. The highest BCUT2D eigenvalue weighted by atomic mass is 35.5. The summed E-state index contributed by atoms with van der Waals surface area (Å²) in [6.07, 6.45) is 3.65. The first-order valence-electron chi connectivity index (χ1n) is 12.1. The molecule has 38 heavy (non-hydrogen) atoms. The van der Waals surface area contributed by atoms with E-state index < -0.39 is 12.0 Å². The Kier molecular flexibility index (Phi) is 8.70. The minimum absolute atomic E-state index is 0.0854. The predicted octanol–water partition coefficient (Wildman–Crippen LogP) is 4.97. The summed E-state index contributed by atoms with van der Waals surface area (Å²) in [6.45, 7) is 7.55. The van der Waals surface area contributed by atoms with E-state index in [-0.39, 0.29) is 18.3 Å². The van der Waals surface area contributed by atoms with Crippen molar-refractivity contribution in [1.29, 1.82) is 0 Å². The first-order valence-corrected chi connectivity index (χ1v) is 14.5. The third kappa shape index (κ3) is 5.55. The molecule has 0 aliphatic carbocycles. The highest BCUT2D eigenvalue weighted by molar-refractivity contribution is 7.98. The van der Waals surface area contributed by atoms with Crippen molar-refractivity contribution in [2.24, 2.45) is 4.99 Å². The molecule has 1 aliphatic heterocycles. The average molecular weight is 573 g/mol. The first kappa shape index (κ1) is 28.0. The van der Waals surface area contributed by atoms with Crippen LogP contribution in [0, 0.1) is 0 Å². The van der Waals surface area contributed by atoms with E-state index in [0.717, 1.165) is 10.5 Å². The molecule has 0 radical (unpaired) electrons. The summed E-state index contributed by atoms with van der Waals surface area (Å²) in [5.74, 6) is 0.433. The van der Waals surface area contributed by atoms with Gasteiger partial charge >= 0.3 is 5.97 Å². The first-order chi connectivity index (χ1) is 18.2. The summed E-state index contributed by atoms with van der Waals surface area (Å²) in [6, 6.07) is 10.7. The molecule has 0 saturated carbocycles. The van der Waals surface area contributed by atoms with Gasteiger partial charge in [0.1, 0.15) is 0 Å². The molecule has 0 unspecified atom stereocenters. The molecule has 1 aromatic heterocycles. The normalized spacial score (nSPS) is 15.4. The van der Waals surface area contributed by atoms with E-state index in [9.17, 15) is 9.59 Å². The van der Waals surface area contributed by atoms with Gasteiger partial charge in [-0.15, -0.1) is 11.8 Å². The highest BCUT2D eigenvalue weighted by Crippen LogP contribution is 2.37. The van der Waals surface area contributed by atoms with E-state index in [1.165, 1.54) is 11.3 Å². The third-order valence-electron chi connectivity index (χ3n) is 5.85. The second kappa shape index (κ2) is 11.8. The number of methoxy groups -OCH3 is 1. The lowest BCUT2D eigenvalue weighted by atomic mass is 9.96. The summed E-state index contributed by atoms with van der Waals surface area (Å²) >= 11 is 9.38. The van der Waals surface area contributed by atoms with Gasteiger partial charge in [0.05, 0.1) is 46.7 Å². The largest absolute Gasteiger partial charge is 0.493 e. The number of hydrogen-bond donors (Lipinski definition) is 0. The maximum Gasteiger partial charge on any atom is 0.338 e. The molecule has 7 nitrogen and oxygen atoms in total. The molecule has 2 aromatic carbocycles. The molecule has 2 heterocycles. The second-order valence-electron chi connectivity index (χ2n) is 8.78. The molecule has 0 saturated heterocycles. The van der Waals surface area contributed by atoms with Gasteiger partial charge in [-0.25, -0.2) is 9.79 Å². The number of nitrogens with zero attached hydrogens (tertiary/aromatic N) is 2. The van der Waals surface area contributed by atoms with Crippen LogP contribution in [0.5, 0.6) is 11.5 Å². The Morgan fingerprint density at radius 2 is 1.97 bits per heavy atom. The molecule has 0 N–H and O–H groups in total. The zero-order valence-corrected chi connectivity index (χ0v) is 24.4. The van der Waals surface area contributed by atoms with Crippen molar-refractivity contribution >= 4 is 46.7 Å². The molecule has 1 atom stereocenters. The number of hydrogen-bond acceptors (Lipinski definition) is 8. The Labute approximate surface area is 234 Å². The van der Waals surface area contributed by atoms with E-state index in [4.69, 9.17) is 25.8 Å². The molecular weight excluding hydrogens is 544 g/mol. The van der Waals surface area contributed by atoms with Crippen LogP contribution >= 0.6 is 34.7 Å². The third-order valence-corrected chi connectivity index (χ3v) is 7.86. The average Bonchev–Trinajstić information content (AvgIpc) is 3.18. The van der Waals surface area contributed by atoms with Crippen molar-refractivity contribution in [3.05, 3.63) is 83.5 Å². The summed E-state index contributed by atoms with van der Waals surface area (Å²) < 4.78 is 18.7. The lowest BCUT2D eigenvalue weighted by molar-refractivity contribution is -0.139. The Morgan fingerprint density at radius 1 is 1.26 bits per heavy atom. The fourth-order valence-corrected chi connectivity index (χ4v) is 5.94. The number of thioether (sulfide) groups is 1. The van der Waals surface area contributed by atoms with Gasteiger partial charge in [-0.3, -0.25) is 9.36 Å². The van der Waals surface area contributed by atoms with E-state index in [2.05, 4.69) is 4.99 Å². The number of fused-ring (bicyclic) bond motifs is 1. The van der Waals surface area contributed by atoms with Gasteiger partial charge in [-0.1, -0.05) is 35.1 Å². The molecule has 3 aromatic rings. The van der Waals surface area contributed by atoms with Gasteiger partial charge in [0.2, 0.25) is 0 Å². The standard InChI is InChI=1S/C28H29ClN2O5S2/c1-7-35-27(33)23-16(4)30-28-31(24(23)18-8-10-19(37-6)11-9-18)26(32)22(38-28)14-17-12-20(29)25(36-15(2)3)21(13-17)34-5/h8-15,24H,7H2,1-6H3/b22-14-/t24-/m0/s1. The molecule has 0 fully saturated rings. The van der Waals surface area contributed by atoms with Crippen molar-refractivity contribution < 1.29 is 19.0 Å². The monoisotopic (exact) mass is 572 g/mol. The summed E-state index contributed by atoms with van der Waals surface area (Å²) in [4.78, 5) is 33.1. The highest BCUT2D eigenvalue weighted by Gasteiger charge is 2.33. The number of halogens is 1. The minimum atomic E-state index is -0.664. The maximum absolute atomic E-state index is 13.8. The van der Waals surface area contributed by atoms with Gasteiger partial charge in [-0.2, -0.15) is 0 Å². The Morgan fingerprint density at radius 3 is 2.58 bits per heavy atom. The van der Waals surface area contributed by atoms with Crippen LogP contribution < -0.4 is 24.4 Å². The fraction of sp³-hybridized carbons (Fsp3) is 0.321. The fourth-order valence-electron chi connectivity index (χ4n) is 4.22. The van der Waals surface area contributed by atoms with Crippen LogP contribution in [0.25, 0.3) is 6.08 Å². The number of thiazole rings is 1. The summed E-state index contributed by atoms with van der Waals surface area (Å²) in [7, 11) is 1.54. The van der Waals surface area contributed by atoms with Crippen LogP contribution in [-0.4, -0.2) is 36.6 Å². The SMILES string of the molecule is CCOC(=O)C1=C(C)N=c2s/c(=C\c3cc(Cl)c(OC(C)C)c(OC)c3)c(=O)n2[C@H]1c1ccc(SC)cc1. The van der Waals surface area contributed by atoms with Gasteiger partial charge in [0.25, 0.3) is 5.56 Å². The summed E-state index contributed by atoms with van der Waals surface area (Å²) in [5.41, 5.74) is 2.08. The molecule has 1 aliphatic rings. The number of esters is 1. The quantitative estimate of drug-likeness (QED) is 0.280. The Hall–Kier alpha value is -3.01. The van der Waals surface area contributed by atoms with Gasteiger partial charge < -0.3 is 14.2 Å². The number of carbonyl (C=O) groups is 1. The molecule has 200 valence electrons. The lowest BCUT2D eigenvalue weighted by Crippen LogP contribution is -2.39. The molecule has 0 spiro atoms. The van der Waals surface area contributed by atoms with E-state index in [1.807, 2.05) is 44.4 Å². The van der Waals surface area contributed by atoms with Crippen LogP contribution in [0.3, 0.4) is 0 Å². The van der Waals surface area contributed by atoms with Gasteiger partial charge in [0, 0.05) is 4.90 Å². The minimum Gasteiger partial charge on any atom is -0.493 e. The number of benzene rings is 2. The Balaban J connectivity index is 1.90. The number of rotatable bonds is 8. The number of aromatic nitrogens is 1. The molecule has 10 heteroatoms. The smallest absolute Gasteiger partial charge is 0.338 e. The van der Waals surface area contributed by atoms with E-state index >= 15 is 0 Å². The van der Waals surface area contributed by atoms with Crippen molar-refractivity contribution in [1.82, 2.24) is 4.57 Å². The van der Waals surface area contributed by atoms with Gasteiger partial charge in [-0.05, 0) is 75.4 Å². The Bertz CT molecular complexity index is 1570. The number of ether oxygens (including phenoxy) is 3. The van der Waals surface area contributed by atoms with Crippen LogP contribution in [0.2, 0.25) is 5.02 Å². The molecule has 0 amide bonds. The van der Waals surface area contributed by atoms with Crippen LogP contribution in [0.1, 0.15) is 44.9 Å². The van der Waals surface area contributed by atoms with Crippen LogP contribution in [0.4, 0.5) is 0 Å². The maximum atomic E-state index is 13.8. The molecular formula is C28H29ClN2O5S2. The van der Waals surface area contributed by atoms with Crippen molar-refractivity contribution in [2.75, 3.05) is 20.0 Å². The van der Waals surface area contributed by atoms with Crippen molar-refractivity contribution in [3.63, 3.8) is 0 Å². The van der Waals surface area contributed by atoms with Crippen LogP contribution in [0.15, 0.2) is 62.4 Å². The predicted molar refractivity (Wildman–Crippen MR) is 152 cm³/mol. The zero-order chi connectivity index (χ0) is 27.6. The topological polar surface area (TPSA) is 79.1 Å². The van der Waals surface area contributed by atoms with Gasteiger partial charge in [0.15, 0.2) is 16.3 Å². The molecule has 4 rings (SSSR count). The van der Waals surface area contributed by atoms with E-state index in [0.29, 0.717) is 42.7 Å².